The minimum absolute atomic E-state index is 0.250. The van der Waals surface area contributed by atoms with Crippen molar-refractivity contribution in [2.24, 2.45) is 0 Å². The summed E-state index contributed by atoms with van der Waals surface area (Å²) in [4.78, 5) is 19.1. The second-order valence-electron chi connectivity index (χ2n) is 2.03. The summed E-state index contributed by atoms with van der Waals surface area (Å²) in [6.45, 7) is -0.250. The van der Waals surface area contributed by atoms with Gasteiger partial charge in [0.15, 0.2) is 0 Å². The van der Waals surface area contributed by atoms with Crippen LogP contribution >= 0.6 is 0 Å². The van der Waals surface area contributed by atoms with E-state index in [-0.39, 0.29) is 9.50 Å². The fourth-order valence-electron chi connectivity index (χ4n) is 0.673. The van der Waals surface area contributed by atoms with Gasteiger partial charge in [-0.25, -0.2) is 0 Å². The standard InChI is InChI=1S/C7H5O.CH2O2.Na/c8-6-7-4-2-1-3-5-7;2-1-3;/h1-5H;1H,(H,2,3);. The predicted octanol–water partition coefficient (Wildman–Crippen LogP) is 0.696. The van der Waals surface area contributed by atoms with Crippen LogP contribution in [0.15, 0.2) is 30.3 Å². The third kappa shape index (κ3) is 5.07. The quantitative estimate of drug-likeness (QED) is 0.503. The van der Waals surface area contributed by atoms with Crippen LogP contribution < -0.4 is 0 Å². The van der Waals surface area contributed by atoms with Crippen LogP contribution in [0.25, 0.3) is 0 Å². The molecule has 0 heterocycles. The van der Waals surface area contributed by atoms with E-state index in [1.54, 1.807) is 0 Å². The molecule has 3 nitrogen and oxygen atoms in total. The Bertz CT molecular complexity index is 246. The Morgan fingerprint density at radius 1 is 1.33 bits per heavy atom. The van der Waals surface area contributed by atoms with Crippen molar-refractivity contribution < 1.29 is 14.7 Å². The SMILES string of the molecule is O=CO.O=[C]([Na])c1ccccc1. The number of hydrogen-bond acceptors (Lipinski definition) is 2. The summed E-state index contributed by atoms with van der Waals surface area (Å²) in [5.74, 6) is 0. The number of hydrogen-bond donors (Lipinski definition) is 1. The van der Waals surface area contributed by atoms with Crippen molar-refractivity contribution in [3.05, 3.63) is 35.9 Å². The molecule has 0 aromatic heterocycles. The third-order valence-corrected chi connectivity index (χ3v) is 1.76. The predicted molar refractivity (Wildman–Crippen MR) is 45.2 cm³/mol. The van der Waals surface area contributed by atoms with Gasteiger partial charge in [-0.05, 0) is 0 Å². The zero-order chi connectivity index (χ0) is 9.40. The fraction of sp³-hybridized carbons (Fsp3) is 0. The summed E-state index contributed by atoms with van der Waals surface area (Å²) in [6, 6.07) is 9.36. The Labute approximate surface area is 87.8 Å². The molecule has 0 saturated heterocycles. The van der Waals surface area contributed by atoms with Gasteiger partial charge in [0.2, 0.25) is 0 Å². The first-order chi connectivity index (χ1) is 5.72. The first-order valence-electron chi connectivity index (χ1n) is 3.36. The summed E-state index contributed by atoms with van der Waals surface area (Å²) < 4.78 is 0.260. The molecule has 4 heteroatoms. The molecule has 58 valence electrons. The molecule has 1 aromatic carbocycles. The molecule has 0 spiro atoms. The van der Waals surface area contributed by atoms with Crippen molar-refractivity contribution in [3.8, 4) is 0 Å². The topological polar surface area (TPSA) is 54.4 Å². The van der Waals surface area contributed by atoms with Crippen LogP contribution in [0.1, 0.15) is 10.4 Å². The van der Waals surface area contributed by atoms with E-state index in [1.807, 2.05) is 30.3 Å². The summed E-state index contributed by atoms with van der Waals surface area (Å²) in [6.07, 6.45) is 0. The van der Waals surface area contributed by atoms with Crippen molar-refractivity contribution in [3.63, 3.8) is 0 Å². The number of benzene rings is 1. The molecule has 1 N–H and O–H groups in total. The normalized spacial score (nSPS) is 7.83. The van der Waals surface area contributed by atoms with Crippen LogP contribution in [0.5, 0.6) is 0 Å². The minimum atomic E-state index is -0.250. The third-order valence-electron chi connectivity index (χ3n) is 1.18. The molecular formula is C8H7NaO3. The van der Waals surface area contributed by atoms with Gasteiger partial charge in [-0.3, -0.25) is 4.79 Å². The van der Waals surface area contributed by atoms with Gasteiger partial charge in [-0.2, -0.15) is 0 Å². The van der Waals surface area contributed by atoms with E-state index in [9.17, 15) is 4.79 Å². The molecule has 0 aliphatic heterocycles. The van der Waals surface area contributed by atoms with E-state index in [0.717, 1.165) is 5.56 Å². The van der Waals surface area contributed by atoms with Crippen molar-refractivity contribution in [2.45, 2.75) is 0 Å². The van der Waals surface area contributed by atoms with Crippen LogP contribution in [0, 0.1) is 0 Å². The van der Waals surface area contributed by atoms with E-state index in [2.05, 4.69) is 0 Å². The van der Waals surface area contributed by atoms with Gasteiger partial charge >= 0.3 is 71.7 Å². The van der Waals surface area contributed by atoms with Gasteiger partial charge < -0.3 is 5.11 Å². The molecule has 0 bridgehead atoms. The first kappa shape index (κ1) is 11.4. The van der Waals surface area contributed by atoms with Gasteiger partial charge in [0, 0.05) is 0 Å². The molecule has 0 atom stereocenters. The Kier molecular flexibility index (Phi) is 6.66. The number of carbonyl (C=O) groups is 2. The first-order valence-corrected chi connectivity index (χ1v) is 4.36. The van der Waals surface area contributed by atoms with Gasteiger partial charge in [-0.15, -0.1) is 0 Å². The molecule has 1 rings (SSSR count). The molecule has 0 aliphatic carbocycles. The Morgan fingerprint density at radius 3 is 2.00 bits per heavy atom. The fourth-order valence-corrected chi connectivity index (χ4v) is 1.01. The maximum atomic E-state index is 10.7. The van der Waals surface area contributed by atoms with Crippen LogP contribution in [0.3, 0.4) is 0 Å². The number of rotatable bonds is 1. The van der Waals surface area contributed by atoms with Crippen LogP contribution in [-0.4, -0.2) is 42.5 Å². The van der Waals surface area contributed by atoms with Crippen molar-refractivity contribution >= 4 is 37.4 Å². The molecule has 0 aliphatic rings. The van der Waals surface area contributed by atoms with Crippen LogP contribution in [0.4, 0.5) is 0 Å². The van der Waals surface area contributed by atoms with E-state index < -0.39 is 0 Å². The molecule has 12 heavy (non-hydrogen) atoms. The molecule has 0 fully saturated rings. The average molecular weight is 174 g/mol. The van der Waals surface area contributed by atoms with E-state index in [4.69, 9.17) is 9.90 Å². The molecular weight excluding hydrogens is 167 g/mol. The number of carboxylic acid groups (broad SMARTS) is 1. The molecule has 0 amide bonds. The van der Waals surface area contributed by atoms with Gasteiger partial charge in [0.05, 0.1) is 0 Å². The van der Waals surface area contributed by atoms with Gasteiger partial charge in [0.1, 0.15) is 0 Å². The number of carbonyl (C=O) groups excluding carboxylic acids is 1. The van der Waals surface area contributed by atoms with Crippen molar-refractivity contribution in [2.75, 3.05) is 0 Å². The summed E-state index contributed by atoms with van der Waals surface area (Å²) >= 11 is 0.618. The summed E-state index contributed by atoms with van der Waals surface area (Å²) in [5, 5.41) is 6.89. The monoisotopic (exact) mass is 174 g/mol. The van der Waals surface area contributed by atoms with E-state index >= 15 is 0 Å². The molecule has 0 unspecified atom stereocenters. The van der Waals surface area contributed by atoms with E-state index in [0.29, 0.717) is 27.9 Å². The van der Waals surface area contributed by atoms with Crippen molar-refractivity contribution in [1.29, 1.82) is 0 Å². The second-order valence-corrected chi connectivity index (χ2v) is 2.94. The molecule has 1 aromatic rings. The molecule has 0 saturated carbocycles. The zero-order valence-electron chi connectivity index (χ0n) is 6.73. The van der Waals surface area contributed by atoms with E-state index in [1.165, 1.54) is 0 Å². The second kappa shape index (κ2) is 7.03. The summed E-state index contributed by atoms with van der Waals surface area (Å²) in [5.41, 5.74) is 0.837. The Balaban J connectivity index is 0.000000354. The van der Waals surface area contributed by atoms with Gasteiger partial charge in [0.25, 0.3) is 6.47 Å². The Hall–Kier alpha value is -0.640. The van der Waals surface area contributed by atoms with Gasteiger partial charge in [-0.1, -0.05) is 0 Å². The van der Waals surface area contributed by atoms with Crippen LogP contribution in [-0.2, 0) is 4.79 Å². The zero-order valence-corrected chi connectivity index (χ0v) is 8.73. The maximum absolute atomic E-state index is 10.7. The Morgan fingerprint density at radius 2 is 1.75 bits per heavy atom. The summed E-state index contributed by atoms with van der Waals surface area (Å²) in [7, 11) is 0. The average Bonchev–Trinajstić information content (AvgIpc) is 2.07. The van der Waals surface area contributed by atoms with Crippen LogP contribution in [0.2, 0.25) is 0 Å². The molecule has 0 radical (unpaired) electrons. The van der Waals surface area contributed by atoms with Crippen molar-refractivity contribution in [1.82, 2.24) is 0 Å².